The first-order chi connectivity index (χ1) is 12.8. The molecule has 1 aliphatic carbocycles. The van der Waals surface area contributed by atoms with Gasteiger partial charge in [0.05, 0.1) is 0 Å². The van der Waals surface area contributed by atoms with Crippen LogP contribution in [0.5, 0.6) is 0 Å². The van der Waals surface area contributed by atoms with Crippen molar-refractivity contribution in [3.63, 3.8) is 0 Å². The summed E-state index contributed by atoms with van der Waals surface area (Å²) in [5.41, 5.74) is 5.61. The molecule has 1 aliphatic heterocycles. The lowest BCUT2D eigenvalue weighted by Crippen LogP contribution is -2.50. The fourth-order valence-corrected chi connectivity index (χ4v) is 3.65. The fraction of sp³-hybridized carbons (Fsp3) is 0.900. The number of guanidine groups is 1. The topological polar surface area (TPSA) is 83.2 Å². The summed E-state index contributed by atoms with van der Waals surface area (Å²) in [5.74, 6) is 0.594. The minimum absolute atomic E-state index is 0.205. The van der Waals surface area contributed by atoms with Crippen molar-refractivity contribution in [3.05, 3.63) is 0 Å². The Kier molecular flexibility index (Phi) is 8.67. The van der Waals surface area contributed by atoms with Crippen LogP contribution in [0, 0.1) is 0 Å². The molecule has 0 radical (unpaired) electrons. The van der Waals surface area contributed by atoms with Gasteiger partial charge in [-0.15, -0.1) is 0 Å². The maximum atomic E-state index is 12.1. The maximum absolute atomic E-state index is 12.1. The van der Waals surface area contributed by atoms with E-state index in [1.165, 1.54) is 38.5 Å². The minimum Gasteiger partial charge on any atom is -0.444 e. The van der Waals surface area contributed by atoms with Gasteiger partial charge in [0.15, 0.2) is 5.96 Å². The molecule has 156 valence electrons. The van der Waals surface area contributed by atoms with Gasteiger partial charge in [-0.25, -0.2) is 4.79 Å². The lowest BCUT2D eigenvalue weighted by molar-refractivity contribution is 0.0145. The van der Waals surface area contributed by atoms with Crippen LogP contribution in [-0.2, 0) is 4.74 Å². The number of nitrogens with zero attached hydrogens (tertiary/aromatic N) is 3. The first kappa shape index (κ1) is 21.8. The number of piperazine rings is 1. The number of carbonyl (C=O) groups is 1. The van der Waals surface area contributed by atoms with Gasteiger partial charge in [-0.2, -0.15) is 0 Å². The van der Waals surface area contributed by atoms with E-state index in [1.807, 2.05) is 20.8 Å². The quantitative estimate of drug-likeness (QED) is 0.331. The molecular weight excluding hydrogens is 342 g/mol. The highest BCUT2D eigenvalue weighted by Gasteiger charge is 2.25. The van der Waals surface area contributed by atoms with Crippen molar-refractivity contribution in [1.29, 1.82) is 0 Å². The third kappa shape index (κ3) is 8.82. The Morgan fingerprint density at radius 3 is 2.33 bits per heavy atom. The Bertz CT molecular complexity index is 473. The zero-order valence-corrected chi connectivity index (χ0v) is 17.5. The Hall–Kier alpha value is -1.50. The molecule has 1 saturated carbocycles. The summed E-state index contributed by atoms with van der Waals surface area (Å²) in [6.45, 7) is 10.7. The molecule has 0 spiro atoms. The lowest BCUT2D eigenvalue weighted by Gasteiger charge is -2.35. The summed E-state index contributed by atoms with van der Waals surface area (Å²) in [6.07, 6.45) is 8.47. The Morgan fingerprint density at radius 2 is 1.74 bits per heavy atom. The predicted molar refractivity (Wildman–Crippen MR) is 110 cm³/mol. The molecule has 2 fully saturated rings. The van der Waals surface area contributed by atoms with Crippen LogP contribution in [0.1, 0.15) is 65.7 Å². The number of hydrogen-bond acceptors (Lipinski definition) is 4. The lowest BCUT2D eigenvalue weighted by atomic mass is 10.1. The average Bonchev–Trinajstić information content (AvgIpc) is 2.86. The highest BCUT2D eigenvalue weighted by molar-refractivity contribution is 5.78. The zero-order valence-electron chi connectivity index (χ0n) is 17.5. The molecule has 2 aliphatic rings. The van der Waals surface area contributed by atoms with Crippen molar-refractivity contribution in [2.45, 2.75) is 77.4 Å². The summed E-state index contributed by atoms with van der Waals surface area (Å²) in [5, 5.41) is 3.39. The van der Waals surface area contributed by atoms with E-state index in [0.29, 0.717) is 12.0 Å². The zero-order chi connectivity index (χ0) is 19.7. The SMILES string of the molecule is CC(C)(C)OC(=O)N1CCN(CCCN=C(N)NC2CCCCCC2)CC1. The number of rotatable bonds is 5. The van der Waals surface area contributed by atoms with Crippen LogP contribution in [0.3, 0.4) is 0 Å². The molecular formula is C20H39N5O2. The normalized spacial score (nSPS) is 21.0. The minimum atomic E-state index is -0.434. The Labute approximate surface area is 164 Å². The van der Waals surface area contributed by atoms with Crippen LogP contribution in [0.15, 0.2) is 4.99 Å². The second kappa shape index (κ2) is 10.7. The van der Waals surface area contributed by atoms with E-state index < -0.39 is 5.60 Å². The van der Waals surface area contributed by atoms with Crippen LogP contribution in [-0.4, -0.2) is 72.8 Å². The molecule has 2 rings (SSSR count). The number of carbonyl (C=O) groups excluding carboxylic acids is 1. The number of hydrogen-bond donors (Lipinski definition) is 2. The van der Waals surface area contributed by atoms with Crippen molar-refractivity contribution < 1.29 is 9.53 Å². The van der Waals surface area contributed by atoms with E-state index in [9.17, 15) is 4.79 Å². The summed E-state index contributed by atoms with van der Waals surface area (Å²) in [4.78, 5) is 20.8. The highest BCUT2D eigenvalue weighted by Crippen LogP contribution is 2.17. The third-order valence-electron chi connectivity index (χ3n) is 5.15. The molecule has 0 unspecified atom stereocenters. The van der Waals surface area contributed by atoms with E-state index in [2.05, 4.69) is 15.2 Å². The first-order valence-electron chi connectivity index (χ1n) is 10.6. The molecule has 3 N–H and O–H groups in total. The standard InChI is InChI=1S/C20H39N5O2/c1-20(2,3)27-19(26)25-15-13-24(14-16-25)12-8-11-22-18(21)23-17-9-6-4-5-7-10-17/h17H,4-16H2,1-3H3,(H3,21,22,23). The van der Waals surface area contributed by atoms with Gasteiger partial charge in [-0.05, 0) is 40.0 Å². The van der Waals surface area contributed by atoms with Crippen molar-refractivity contribution in [2.24, 2.45) is 10.7 Å². The molecule has 0 aromatic rings. The molecule has 0 aromatic carbocycles. The van der Waals surface area contributed by atoms with Crippen molar-refractivity contribution in [2.75, 3.05) is 39.3 Å². The van der Waals surface area contributed by atoms with E-state index in [1.54, 1.807) is 4.90 Å². The molecule has 1 saturated heterocycles. The summed E-state index contributed by atoms with van der Waals surface area (Å²) < 4.78 is 5.44. The van der Waals surface area contributed by atoms with Gasteiger partial charge in [-0.1, -0.05) is 25.7 Å². The second-order valence-corrected chi connectivity index (χ2v) is 8.76. The van der Waals surface area contributed by atoms with Crippen LogP contribution in [0.4, 0.5) is 4.79 Å². The van der Waals surface area contributed by atoms with E-state index in [0.717, 1.165) is 45.7 Å². The summed E-state index contributed by atoms with van der Waals surface area (Å²) in [6, 6.07) is 0.497. The van der Waals surface area contributed by atoms with E-state index >= 15 is 0 Å². The van der Waals surface area contributed by atoms with Crippen molar-refractivity contribution in [3.8, 4) is 0 Å². The van der Waals surface area contributed by atoms with Crippen LogP contribution in [0.2, 0.25) is 0 Å². The van der Waals surface area contributed by atoms with Gasteiger partial charge in [0.25, 0.3) is 0 Å². The van der Waals surface area contributed by atoms with Crippen molar-refractivity contribution in [1.82, 2.24) is 15.1 Å². The van der Waals surface area contributed by atoms with Crippen LogP contribution < -0.4 is 11.1 Å². The summed E-state index contributed by atoms with van der Waals surface area (Å²) in [7, 11) is 0. The molecule has 1 amide bonds. The first-order valence-corrected chi connectivity index (χ1v) is 10.6. The molecule has 0 aromatic heterocycles. The van der Waals surface area contributed by atoms with Gasteiger partial charge in [0.1, 0.15) is 5.60 Å². The number of nitrogens with two attached hydrogens (primary N) is 1. The van der Waals surface area contributed by atoms with Gasteiger partial charge in [0, 0.05) is 45.3 Å². The van der Waals surface area contributed by atoms with Crippen LogP contribution >= 0.6 is 0 Å². The third-order valence-corrected chi connectivity index (χ3v) is 5.15. The number of ether oxygens (including phenoxy) is 1. The number of nitrogens with one attached hydrogen (secondary N) is 1. The van der Waals surface area contributed by atoms with E-state index in [4.69, 9.17) is 10.5 Å². The van der Waals surface area contributed by atoms with Gasteiger partial charge in [0.2, 0.25) is 0 Å². The van der Waals surface area contributed by atoms with E-state index in [-0.39, 0.29) is 6.09 Å². The fourth-order valence-electron chi connectivity index (χ4n) is 3.65. The molecule has 0 bridgehead atoms. The molecule has 0 atom stereocenters. The highest BCUT2D eigenvalue weighted by atomic mass is 16.6. The average molecular weight is 382 g/mol. The van der Waals surface area contributed by atoms with Gasteiger partial charge in [-0.3, -0.25) is 9.89 Å². The van der Waals surface area contributed by atoms with Gasteiger partial charge < -0.3 is 20.7 Å². The monoisotopic (exact) mass is 381 g/mol. The molecule has 7 heteroatoms. The smallest absolute Gasteiger partial charge is 0.410 e. The Balaban J connectivity index is 1.59. The summed E-state index contributed by atoms with van der Waals surface area (Å²) >= 11 is 0. The predicted octanol–water partition coefficient (Wildman–Crippen LogP) is 2.56. The van der Waals surface area contributed by atoms with Crippen molar-refractivity contribution >= 4 is 12.1 Å². The van der Waals surface area contributed by atoms with Gasteiger partial charge >= 0.3 is 6.09 Å². The number of amides is 1. The molecule has 7 nitrogen and oxygen atoms in total. The molecule has 27 heavy (non-hydrogen) atoms. The maximum Gasteiger partial charge on any atom is 0.410 e. The number of aliphatic imine (C=N–C) groups is 1. The second-order valence-electron chi connectivity index (χ2n) is 8.76. The Morgan fingerprint density at radius 1 is 1.11 bits per heavy atom. The molecule has 1 heterocycles. The van der Waals surface area contributed by atoms with Crippen LogP contribution in [0.25, 0.3) is 0 Å². The largest absolute Gasteiger partial charge is 0.444 e.